The summed E-state index contributed by atoms with van der Waals surface area (Å²) in [5.41, 5.74) is 6.16. The Labute approximate surface area is 171 Å². The van der Waals surface area contributed by atoms with Crippen molar-refractivity contribution in [3.05, 3.63) is 95.1 Å². The molecule has 3 rings (SSSR count). The molecule has 0 bridgehead atoms. The van der Waals surface area contributed by atoms with Gasteiger partial charge in [-0.1, -0.05) is 60.2 Å². The molecule has 4 nitrogen and oxygen atoms in total. The second-order valence-corrected chi connectivity index (χ2v) is 6.70. The first kappa shape index (κ1) is 19.9. The quantitative estimate of drug-likeness (QED) is 0.570. The van der Waals surface area contributed by atoms with Crippen LogP contribution in [0.25, 0.3) is 17.2 Å². The van der Waals surface area contributed by atoms with Crippen molar-refractivity contribution in [3.63, 3.8) is 0 Å². The number of nitrogens with one attached hydrogen (secondary N) is 1. The maximum atomic E-state index is 11.5. The molecule has 3 aromatic carbocycles. The molecule has 0 aliphatic rings. The first-order valence-electron chi connectivity index (χ1n) is 9.29. The third-order valence-electron chi connectivity index (χ3n) is 4.54. The Kier molecular flexibility index (Phi) is 6.44. The van der Waals surface area contributed by atoms with Gasteiger partial charge < -0.3 is 10.1 Å². The van der Waals surface area contributed by atoms with E-state index in [0.29, 0.717) is 17.7 Å². The molecule has 3 aromatic rings. The summed E-state index contributed by atoms with van der Waals surface area (Å²) in [7, 11) is 1.37. The van der Waals surface area contributed by atoms with E-state index in [-0.39, 0.29) is 5.97 Å². The number of anilines is 1. The maximum Gasteiger partial charge on any atom is 0.337 e. The molecule has 0 aromatic heterocycles. The van der Waals surface area contributed by atoms with Crippen molar-refractivity contribution in [2.45, 2.75) is 6.92 Å². The average Bonchev–Trinajstić information content (AvgIpc) is 2.78. The van der Waals surface area contributed by atoms with Gasteiger partial charge in [-0.05, 0) is 47.9 Å². The van der Waals surface area contributed by atoms with E-state index in [4.69, 9.17) is 4.74 Å². The van der Waals surface area contributed by atoms with Crippen molar-refractivity contribution in [1.82, 2.24) is 0 Å². The molecule has 0 radical (unpaired) electrons. The number of ether oxygens (including phenoxy) is 1. The van der Waals surface area contributed by atoms with Crippen LogP contribution in [0.3, 0.4) is 0 Å². The van der Waals surface area contributed by atoms with Crippen molar-refractivity contribution >= 4 is 17.7 Å². The van der Waals surface area contributed by atoms with Gasteiger partial charge in [-0.25, -0.2) is 4.79 Å². The lowest BCUT2D eigenvalue weighted by Gasteiger charge is -2.10. The van der Waals surface area contributed by atoms with Gasteiger partial charge >= 0.3 is 5.97 Å². The number of nitrogens with zero attached hydrogens (tertiary/aromatic N) is 1. The fourth-order valence-electron chi connectivity index (χ4n) is 3.03. The summed E-state index contributed by atoms with van der Waals surface area (Å²) in [4.78, 5) is 11.5. The van der Waals surface area contributed by atoms with Crippen LogP contribution >= 0.6 is 0 Å². The molecule has 0 saturated carbocycles. The number of methoxy groups -OCH3 is 1. The molecule has 0 spiro atoms. The normalized spacial score (nSPS) is 10.9. The van der Waals surface area contributed by atoms with Crippen LogP contribution in [0.15, 0.2) is 78.4 Å². The Hall–Kier alpha value is -3.84. The average molecular weight is 382 g/mol. The van der Waals surface area contributed by atoms with E-state index in [9.17, 15) is 10.1 Å². The lowest BCUT2D eigenvalue weighted by molar-refractivity contribution is 0.0600. The highest BCUT2D eigenvalue weighted by Gasteiger charge is 2.06. The molecule has 0 aliphatic heterocycles. The zero-order chi connectivity index (χ0) is 20.6. The summed E-state index contributed by atoms with van der Waals surface area (Å²) in [6.07, 6.45) is 2.05. The van der Waals surface area contributed by atoms with Crippen molar-refractivity contribution in [1.29, 1.82) is 5.26 Å². The number of carbonyl (C=O) groups excluding carboxylic acids is 1. The van der Waals surface area contributed by atoms with Crippen LogP contribution in [-0.4, -0.2) is 19.6 Å². The fraction of sp³-hybridized carbons (Fsp3) is 0.120. The Morgan fingerprint density at radius 3 is 2.45 bits per heavy atom. The van der Waals surface area contributed by atoms with E-state index in [1.807, 2.05) is 67.6 Å². The summed E-state index contributed by atoms with van der Waals surface area (Å²) < 4.78 is 4.71. The van der Waals surface area contributed by atoms with E-state index >= 15 is 0 Å². The Morgan fingerprint density at radius 2 is 1.79 bits per heavy atom. The largest absolute Gasteiger partial charge is 0.465 e. The second-order valence-electron chi connectivity index (χ2n) is 6.70. The molecule has 144 valence electrons. The van der Waals surface area contributed by atoms with Gasteiger partial charge in [0.25, 0.3) is 0 Å². The smallest absolute Gasteiger partial charge is 0.337 e. The first-order chi connectivity index (χ1) is 14.1. The van der Waals surface area contributed by atoms with E-state index in [2.05, 4.69) is 17.5 Å². The van der Waals surface area contributed by atoms with Crippen LogP contribution in [-0.2, 0) is 4.74 Å². The number of nitriles is 1. The van der Waals surface area contributed by atoms with Crippen molar-refractivity contribution in [2.75, 3.05) is 19.0 Å². The van der Waals surface area contributed by atoms with E-state index in [1.54, 1.807) is 12.1 Å². The topological polar surface area (TPSA) is 62.1 Å². The highest BCUT2D eigenvalue weighted by molar-refractivity contribution is 5.89. The van der Waals surface area contributed by atoms with Crippen LogP contribution in [0, 0.1) is 11.3 Å². The minimum atomic E-state index is -0.342. The number of hydrogen-bond acceptors (Lipinski definition) is 4. The minimum absolute atomic E-state index is 0.342. The van der Waals surface area contributed by atoms with Gasteiger partial charge in [0, 0.05) is 12.2 Å². The van der Waals surface area contributed by atoms with Gasteiger partial charge in [-0.15, -0.1) is 0 Å². The Balaban J connectivity index is 1.68. The third kappa shape index (κ3) is 5.12. The maximum absolute atomic E-state index is 11.5. The van der Waals surface area contributed by atoms with Crippen molar-refractivity contribution in [2.24, 2.45) is 0 Å². The monoisotopic (exact) mass is 382 g/mol. The van der Waals surface area contributed by atoms with Crippen LogP contribution in [0.5, 0.6) is 0 Å². The predicted molar refractivity (Wildman–Crippen MR) is 117 cm³/mol. The van der Waals surface area contributed by atoms with Gasteiger partial charge in [0.2, 0.25) is 0 Å². The molecule has 1 N–H and O–H groups in total. The summed E-state index contributed by atoms with van der Waals surface area (Å²) in [5.74, 6) is -0.342. The summed E-state index contributed by atoms with van der Waals surface area (Å²) in [5, 5.41) is 12.9. The SMILES string of the molecule is COC(=O)c1ccc(/C=C(\C)CNc2ccc(-c3ccccc3)c(C#N)c2)cc1. The number of hydrogen-bond donors (Lipinski definition) is 1. The molecule has 0 unspecified atom stereocenters. The van der Waals surface area contributed by atoms with Crippen LogP contribution < -0.4 is 5.32 Å². The highest BCUT2D eigenvalue weighted by atomic mass is 16.5. The Bertz CT molecular complexity index is 1060. The molecule has 0 saturated heterocycles. The zero-order valence-corrected chi connectivity index (χ0v) is 16.5. The van der Waals surface area contributed by atoms with Crippen LogP contribution in [0.1, 0.15) is 28.4 Å². The molecule has 0 amide bonds. The first-order valence-corrected chi connectivity index (χ1v) is 9.29. The van der Waals surface area contributed by atoms with E-state index in [1.165, 1.54) is 7.11 Å². The Morgan fingerprint density at radius 1 is 1.07 bits per heavy atom. The summed E-state index contributed by atoms with van der Waals surface area (Å²) >= 11 is 0. The van der Waals surface area contributed by atoms with E-state index < -0.39 is 0 Å². The lowest BCUT2D eigenvalue weighted by Crippen LogP contribution is -2.03. The molecular formula is C25H22N2O2. The summed E-state index contributed by atoms with van der Waals surface area (Å²) in [6, 6.07) is 25.3. The van der Waals surface area contributed by atoms with Crippen molar-refractivity contribution in [3.8, 4) is 17.2 Å². The lowest BCUT2D eigenvalue weighted by atomic mass is 10.00. The molecule has 0 fully saturated rings. The number of esters is 1. The number of rotatable bonds is 6. The molecule has 0 aliphatic carbocycles. The molecule has 0 atom stereocenters. The van der Waals surface area contributed by atoms with Gasteiger partial charge in [0.1, 0.15) is 0 Å². The van der Waals surface area contributed by atoms with Gasteiger partial charge in [-0.3, -0.25) is 0 Å². The van der Waals surface area contributed by atoms with Gasteiger partial charge in [0.15, 0.2) is 0 Å². The fourth-order valence-corrected chi connectivity index (χ4v) is 3.03. The molecule has 0 heterocycles. The third-order valence-corrected chi connectivity index (χ3v) is 4.54. The van der Waals surface area contributed by atoms with Crippen LogP contribution in [0.4, 0.5) is 5.69 Å². The van der Waals surface area contributed by atoms with Gasteiger partial charge in [-0.2, -0.15) is 5.26 Å². The summed E-state index contributed by atoms with van der Waals surface area (Å²) in [6.45, 7) is 2.68. The number of carbonyl (C=O) groups is 1. The standard InChI is InChI=1S/C25H22N2O2/c1-18(14-19-8-10-21(11-9-19)25(28)29-2)17-27-23-12-13-24(22(15-23)16-26)20-6-4-3-5-7-20/h3-15,27H,17H2,1-2H3/b18-14+. The van der Waals surface area contributed by atoms with Crippen molar-refractivity contribution < 1.29 is 9.53 Å². The van der Waals surface area contributed by atoms with E-state index in [0.717, 1.165) is 28.0 Å². The second kappa shape index (κ2) is 9.38. The number of benzene rings is 3. The molecule has 29 heavy (non-hydrogen) atoms. The van der Waals surface area contributed by atoms with Gasteiger partial charge in [0.05, 0.1) is 24.3 Å². The minimum Gasteiger partial charge on any atom is -0.465 e. The molecule has 4 heteroatoms. The predicted octanol–water partition coefficient (Wildman–Crippen LogP) is 5.53. The zero-order valence-electron chi connectivity index (χ0n) is 16.5. The molecular weight excluding hydrogens is 360 g/mol. The van der Waals surface area contributed by atoms with Crippen LogP contribution in [0.2, 0.25) is 0 Å². The highest BCUT2D eigenvalue weighted by Crippen LogP contribution is 2.26.